The Morgan fingerprint density at radius 3 is 2.65 bits per heavy atom. The van der Waals surface area contributed by atoms with Crippen molar-refractivity contribution in [1.82, 2.24) is 19.8 Å². The van der Waals surface area contributed by atoms with Gasteiger partial charge in [0.2, 0.25) is 5.91 Å². The van der Waals surface area contributed by atoms with E-state index < -0.39 is 0 Å². The van der Waals surface area contributed by atoms with E-state index in [1.807, 2.05) is 40.7 Å². The van der Waals surface area contributed by atoms with Crippen LogP contribution in [0.1, 0.15) is 54.0 Å². The van der Waals surface area contributed by atoms with E-state index in [-0.39, 0.29) is 23.8 Å². The summed E-state index contributed by atoms with van der Waals surface area (Å²) in [4.78, 5) is 31.5. The van der Waals surface area contributed by atoms with Crippen molar-refractivity contribution in [3.8, 4) is 5.75 Å². The summed E-state index contributed by atoms with van der Waals surface area (Å²) in [5.41, 5.74) is 2.34. The Bertz CT molecular complexity index is 916. The van der Waals surface area contributed by atoms with Gasteiger partial charge in [0, 0.05) is 25.6 Å². The highest BCUT2D eigenvalue weighted by molar-refractivity contribution is 5.93. The Kier molecular flexibility index (Phi) is 6.56. The third-order valence-electron chi connectivity index (χ3n) is 6.12. The third kappa shape index (κ3) is 4.58. The fraction of sp³-hybridized carbons (Fsp3) is 0.522. The van der Waals surface area contributed by atoms with Gasteiger partial charge in [-0.2, -0.15) is 0 Å². The number of benzene rings is 1. The average molecular weight is 427 g/mol. The second-order valence-electron chi connectivity index (χ2n) is 8.12. The van der Waals surface area contributed by atoms with Crippen molar-refractivity contribution in [2.45, 2.75) is 45.4 Å². The zero-order valence-electron chi connectivity index (χ0n) is 18.2. The maximum absolute atomic E-state index is 13.1. The number of hydrogen-bond donors (Lipinski definition) is 1. The van der Waals surface area contributed by atoms with Crippen molar-refractivity contribution >= 4 is 11.8 Å². The Hall–Kier alpha value is -2.87. The van der Waals surface area contributed by atoms with Crippen LogP contribution in [-0.2, 0) is 22.7 Å². The molecule has 1 aromatic heterocycles. The summed E-state index contributed by atoms with van der Waals surface area (Å²) in [5.74, 6) is 0.821. The summed E-state index contributed by atoms with van der Waals surface area (Å²) in [7, 11) is 1.64. The zero-order chi connectivity index (χ0) is 21.8. The normalized spacial score (nSPS) is 19.0. The quantitative estimate of drug-likeness (QED) is 0.767. The molecule has 31 heavy (non-hydrogen) atoms. The van der Waals surface area contributed by atoms with Crippen LogP contribution in [0, 0.1) is 5.92 Å². The minimum atomic E-state index is -0.0899. The number of likely N-dealkylation sites (tertiary alicyclic amines) is 1. The predicted octanol–water partition coefficient (Wildman–Crippen LogP) is 2.54. The van der Waals surface area contributed by atoms with Gasteiger partial charge in [-0.3, -0.25) is 9.59 Å². The van der Waals surface area contributed by atoms with Crippen LogP contribution in [0.25, 0.3) is 0 Å². The fourth-order valence-corrected chi connectivity index (χ4v) is 4.21. The van der Waals surface area contributed by atoms with Crippen LogP contribution in [-0.4, -0.2) is 53.0 Å². The second kappa shape index (κ2) is 9.51. The molecule has 4 rings (SSSR count). The van der Waals surface area contributed by atoms with Crippen LogP contribution in [0.2, 0.25) is 0 Å². The number of rotatable bonds is 6. The summed E-state index contributed by atoms with van der Waals surface area (Å²) in [6.07, 6.45) is 3.94. The van der Waals surface area contributed by atoms with E-state index in [0.29, 0.717) is 51.3 Å². The van der Waals surface area contributed by atoms with Gasteiger partial charge in [-0.25, -0.2) is 4.98 Å². The molecular weight excluding hydrogens is 396 g/mol. The highest BCUT2D eigenvalue weighted by atomic mass is 16.5. The summed E-state index contributed by atoms with van der Waals surface area (Å²) in [6.45, 7) is 4.84. The fourth-order valence-electron chi connectivity index (χ4n) is 4.21. The summed E-state index contributed by atoms with van der Waals surface area (Å²) in [5, 5.41) is 2.96. The lowest BCUT2D eigenvalue weighted by atomic mass is 9.95. The van der Waals surface area contributed by atoms with E-state index in [9.17, 15) is 9.59 Å². The van der Waals surface area contributed by atoms with Gasteiger partial charge in [0.25, 0.3) is 5.91 Å². The molecule has 0 aliphatic carbocycles. The van der Waals surface area contributed by atoms with Crippen molar-refractivity contribution in [2.24, 2.45) is 5.92 Å². The number of fused-ring (bicyclic) bond motifs is 1. The average Bonchev–Trinajstić information content (AvgIpc) is 3.25. The number of carbonyl (C=O) groups excluding carboxylic acids is 2. The predicted molar refractivity (Wildman–Crippen MR) is 115 cm³/mol. The number of nitrogens with zero attached hydrogens (tertiary/aromatic N) is 3. The molecule has 0 saturated carbocycles. The molecule has 0 unspecified atom stereocenters. The van der Waals surface area contributed by atoms with Crippen LogP contribution in [0.3, 0.4) is 0 Å². The lowest BCUT2D eigenvalue weighted by Gasteiger charge is -2.31. The van der Waals surface area contributed by atoms with Gasteiger partial charge in [0.05, 0.1) is 32.3 Å². The Labute approximate surface area is 182 Å². The Balaban J connectivity index is 1.37. The number of amides is 2. The zero-order valence-corrected chi connectivity index (χ0v) is 18.2. The summed E-state index contributed by atoms with van der Waals surface area (Å²) < 4.78 is 13.3. The lowest BCUT2D eigenvalue weighted by Crippen LogP contribution is -2.43. The van der Waals surface area contributed by atoms with Gasteiger partial charge < -0.3 is 24.3 Å². The van der Waals surface area contributed by atoms with Crippen LogP contribution >= 0.6 is 0 Å². The van der Waals surface area contributed by atoms with Crippen LogP contribution in [0.5, 0.6) is 5.75 Å². The highest BCUT2D eigenvalue weighted by Gasteiger charge is 2.32. The van der Waals surface area contributed by atoms with Gasteiger partial charge in [-0.15, -0.1) is 0 Å². The molecule has 0 bridgehead atoms. The highest BCUT2D eigenvalue weighted by Crippen LogP contribution is 2.29. The van der Waals surface area contributed by atoms with E-state index in [1.54, 1.807) is 13.4 Å². The standard InChI is InChI=1S/C23H30N4O4/c1-3-10-24-22(28)17-8-11-26(12-9-17)23(29)21-19-14-31-20(13-27(19)15-25-21)16-4-6-18(30-2)7-5-16/h4-7,15,17,20H,3,8-14H2,1-2H3,(H,24,28)/t20-/m1/s1. The summed E-state index contributed by atoms with van der Waals surface area (Å²) in [6, 6.07) is 7.84. The molecule has 1 aromatic carbocycles. The smallest absolute Gasteiger partial charge is 0.274 e. The molecule has 166 valence electrons. The first-order valence-electron chi connectivity index (χ1n) is 11.0. The molecule has 1 fully saturated rings. The monoisotopic (exact) mass is 426 g/mol. The number of methoxy groups -OCH3 is 1. The molecule has 3 heterocycles. The molecule has 1 saturated heterocycles. The van der Waals surface area contributed by atoms with Gasteiger partial charge in [-0.05, 0) is 37.0 Å². The van der Waals surface area contributed by atoms with Crippen molar-refractivity contribution in [3.63, 3.8) is 0 Å². The van der Waals surface area contributed by atoms with Crippen molar-refractivity contribution in [3.05, 3.63) is 47.5 Å². The molecule has 1 N–H and O–H groups in total. The van der Waals surface area contributed by atoms with Gasteiger partial charge in [-0.1, -0.05) is 19.1 Å². The Morgan fingerprint density at radius 2 is 1.97 bits per heavy atom. The first-order chi connectivity index (χ1) is 15.1. The topological polar surface area (TPSA) is 85.7 Å². The molecule has 2 aliphatic heterocycles. The number of imidazole rings is 1. The van der Waals surface area contributed by atoms with E-state index in [2.05, 4.69) is 10.3 Å². The lowest BCUT2D eigenvalue weighted by molar-refractivity contribution is -0.126. The van der Waals surface area contributed by atoms with E-state index in [0.717, 1.165) is 23.4 Å². The van der Waals surface area contributed by atoms with Crippen LogP contribution in [0.4, 0.5) is 0 Å². The van der Waals surface area contributed by atoms with E-state index >= 15 is 0 Å². The number of nitrogens with one attached hydrogen (secondary N) is 1. The third-order valence-corrected chi connectivity index (χ3v) is 6.12. The van der Waals surface area contributed by atoms with Crippen LogP contribution < -0.4 is 10.1 Å². The molecule has 8 nitrogen and oxygen atoms in total. The largest absolute Gasteiger partial charge is 0.497 e. The van der Waals surface area contributed by atoms with Gasteiger partial charge >= 0.3 is 0 Å². The molecule has 1 atom stereocenters. The van der Waals surface area contributed by atoms with E-state index in [1.165, 1.54) is 0 Å². The molecule has 0 spiro atoms. The maximum atomic E-state index is 13.1. The number of carbonyl (C=O) groups is 2. The SMILES string of the molecule is CCCNC(=O)C1CCN(C(=O)c2ncn3c2CO[C@@H](c2ccc(OC)cc2)C3)CC1. The number of piperidine rings is 1. The van der Waals surface area contributed by atoms with Crippen molar-refractivity contribution in [1.29, 1.82) is 0 Å². The van der Waals surface area contributed by atoms with Crippen molar-refractivity contribution < 1.29 is 19.1 Å². The molecular formula is C23H30N4O4. The summed E-state index contributed by atoms with van der Waals surface area (Å²) >= 11 is 0. The molecule has 8 heteroatoms. The first-order valence-corrected chi connectivity index (χ1v) is 11.0. The molecule has 2 amide bonds. The molecule has 0 radical (unpaired) electrons. The number of aromatic nitrogens is 2. The minimum absolute atomic E-state index is 0.0138. The van der Waals surface area contributed by atoms with Crippen molar-refractivity contribution in [2.75, 3.05) is 26.7 Å². The van der Waals surface area contributed by atoms with Gasteiger partial charge in [0.1, 0.15) is 11.9 Å². The number of ether oxygens (including phenoxy) is 2. The second-order valence-corrected chi connectivity index (χ2v) is 8.12. The number of hydrogen-bond acceptors (Lipinski definition) is 5. The maximum Gasteiger partial charge on any atom is 0.274 e. The van der Waals surface area contributed by atoms with Crippen LogP contribution in [0.15, 0.2) is 30.6 Å². The minimum Gasteiger partial charge on any atom is -0.497 e. The Morgan fingerprint density at radius 1 is 1.23 bits per heavy atom. The first kappa shape index (κ1) is 21.4. The molecule has 2 aliphatic rings. The molecule has 2 aromatic rings. The van der Waals surface area contributed by atoms with E-state index in [4.69, 9.17) is 9.47 Å². The van der Waals surface area contributed by atoms with Gasteiger partial charge in [0.15, 0.2) is 5.69 Å².